The number of para-hydroxylation sites is 1. The van der Waals surface area contributed by atoms with Crippen molar-refractivity contribution in [3.05, 3.63) is 83.5 Å². The third kappa shape index (κ3) is 5.09. The van der Waals surface area contributed by atoms with Crippen molar-refractivity contribution in [2.75, 3.05) is 65.3 Å². The topological polar surface area (TPSA) is 41.5 Å². The standard InChI is InChI=1S/C31H41N7/c1-34(2)27-12-5-4-9-25(27)21-37(28-13-6-10-24-11-8-16-32-31(24)28)22-26-23-38-29(33-26)14-7-15-30(38)36-19-17-35(3)18-20-36/h4-5,7-9,11-12,14-16,26,28H,6,10,13,17-23H2,1-3H3/t26?,28-/m0/s1. The molecule has 200 valence electrons. The zero-order chi connectivity index (χ0) is 26.1. The van der Waals surface area contributed by atoms with Gasteiger partial charge >= 0.3 is 0 Å². The highest BCUT2D eigenvalue weighted by Crippen LogP contribution is 2.36. The molecule has 1 aliphatic carbocycles. The molecule has 1 saturated heterocycles. The summed E-state index contributed by atoms with van der Waals surface area (Å²) in [5, 5.41) is 0. The zero-order valence-electron chi connectivity index (χ0n) is 23.1. The number of anilines is 1. The van der Waals surface area contributed by atoms with E-state index in [0.29, 0.717) is 6.04 Å². The number of piperazine rings is 1. The van der Waals surface area contributed by atoms with Gasteiger partial charge in [0.15, 0.2) is 0 Å². The number of likely N-dealkylation sites (N-methyl/N-ethyl adjacent to an activating group) is 1. The van der Waals surface area contributed by atoms with Crippen molar-refractivity contribution in [2.24, 2.45) is 4.99 Å². The summed E-state index contributed by atoms with van der Waals surface area (Å²) in [5.74, 6) is 2.43. The fourth-order valence-corrected chi connectivity index (χ4v) is 6.48. The second-order valence-corrected chi connectivity index (χ2v) is 11.3. The molecule has 1 fully saturated rings. The Morgan fingerprint density at radius 2 is 1.87 bits per heavy atom. The average Bonchev–Trinajstić information content (AvgIpc) is 3.36. The predicted octanol–water partition coefficient (Wildman–Crippen LogP) is 3.77. The minimum atomic E-state index is 0.226. The Morgan fingerprint density at radius 1 is 1.03 bits per heavy atom. The zero-order valence-corrected chi connectivity index (χ0v) is 23.1. The maximum Gasteiger partial charge on any atom is 0.129 e. The molecule has 0 spiro atoms. The molecule has 0 bridgehead atoms. The molecule has 0 amide bonds. The summed E-state index contributed by atoms with van der Waals surface area (Å²) in [7, 11) is 6.49. The van der Waals surface area contributed by atoms with Gasteiger partial charge in [0, 0.05) is 71.8 Å². The number of hydrogen-bond acceptors (Lipinski definition) is 7. The Kier molecular flexibility index (Phi) is 7.22. The van der Waals surface area contributed by atoms with Crippen LogP contribution in [0.15, 0.2) is 71.6 Å². The smallest absolute Gasteiger partial charge is 0.129 e. The maximum absolute atomic E-state index is 5.27. The fourth-order valence-electron chi connectivity index (χ4n) is 6.48. The molecule has 2 aromatic rings. The highest BCUT2D eigenvalue weighted by molar-refractivity contribution is 5.96. The number of benzene rings is 1. The molecular weight excluding hydrogens is 470 g/mol. The van der Waals surface area contributed by atoms with E-state index in [1.807, 2.05) is 6.20 Å². The number of fused-ring (bicyclic) bond motifs is 2. The van der Waals surface area contributed by atoms with Crippen LogP contribution in [0.1, 0.15) is 35.7 Å². The number of hydrogen-bond donors (Lipinski definition) is 0. The first-order valence-electron chi connectivity index (χ1n) is 14.2. The van der Waals surface area contributed by atoms with Crippen molar-refractivity contribution in [3.8, 4) is 0 Å². The third-order valence-corrected chi connectivity index (χ3v) is 8.48. The Labute approximate surface area is 227 Å². The molecule has 38 heavy (non-hydrogen) atoms. The molecule has 7 heteroatoms. The molecule has 1 aromatic carbocycles. The van der Waals surface area contributed by atoms with Crippen molar-refractivity contribution < 1.29 is 0 Å². The lowest BCUT2D eigenvalue weighted by molar-refractivity contribution is 0.145. The number of aliphatic imine (C=N–C) groups is 1. The first-order valence-corrected chi connectivity index (χ1v) is 14.2. The molecule has 7 nitrogen and oxygen atoms in total. The molecule has 0 radical (unpaired) electrons. The highest BCUT2D eigenvalue weighted by atomic mass is 15.4. The summed E-state index contributed by atoms with van der Waals surface area (Å²) < 4.78 is 0. The molecule has 1 unspecified atom stereocenters. The van der Waals surface area contributed by atoms with Crippen LogP contribution in [0.5, 0.6) is 0 Å². The van der Waals surface area contributed by atoms with Crippen LogP contribution in [-0.4, -0.2) is 96.9 Å². The lowest BCUT2D eigenvalue weighted by Gasteiger charge is -2.40. The van der Waals surface area contributed by atoms with Crippen LogP contribution >= 0.6 is 0 Å². The molecule has 4 aliphatic rings. The molecule has 2 atom stereocenters. The number of aryl methyl sites for hydroxylation is 1. The fraction of sp³-hybridized carbons (Fsp3) is 0.484. The molecule has 3 aliphatic heterocycles. The number of rotatable bonds is 7. The van der Waals surface area contributed by atoms with Gasteiger partial charge in [-0.3, -0.25) is 14.9 Å². The van der Waals surface area contributed by atoms with Crippen LogP contribution in [0.25, 0.3) is 0 Å². The maximum atomic E-state index is 5.27. The summed E-state index contributed by atoms with van der Waals surface area (Å²) in [6.07, 6.45) is 12.1. The van der Waals surface area contributed by atoms with E-state index in [2.05, 4.69) is 100 Å². The van der Waals surface area contributed by atoms with Gasteiger partial charge in [-0.15, -0.1) is 0 Å². The van der Waals surface area contributed by atoms with Gasteiger partial charge in [0.25, 0.3) is 0 Å². The summed E-state index contributed by atoms with van der Waals surface area (Å²) in [6, 6.07) is 13.7. The molecule has 4 heterocycles. The number of aromatic nitrogens is 1. The quantitative estimate of drug-likeness (QED) is 0.564. The molecular formula is C31H41N7. The minimum absolute atomic E-state index is 0.226. The Morgan fingerprint density at radius 3 is 2.71 bits per heavy atom. The minimum Gasteiger partial charge on any atom is -0.377 e. The van der Waals surface area contributed by atoms with Gasteiger partial charge in [0.2, 0.25) is 0 Å². The van der Waals surface area contributed by atoms with E-state index in [4.69, 9.17) is 9.98 Å². The predicted molar refractivity (Wildman–Crippen MR) is 155 cm³/mol. The van der Waals surface area contributed by atoms with Crippen LogP contribution in [-0.2, 0) is 13.0 Å². The second-order valence-electron chi connectivity index (χ2n) is 11.3. The van der Waals surface area contributed by atoms with Gasteiger partial charge in [-0.05, 0) is 61.7 Å². The van der Waals surface area contributed by atoms with E-state index < -0.39 is 0 Å². The number of nitrogens with zero attached hydrogens (tertiary/aromatic N) is 7. The van der Waals surface area contributed by atoms with Crippen LogP contribution in [0.3, 0.4) is 0 Å². The lowest BCUT2D eigenvalue weighted by Crippen LogP contribution is -2.48. The van der Waals surface area contributed by atoms with Crippen molar-refractivity contribution in [1.82, 2.24) is 24.6 Å². The van der Waals surface area contributed by atoms with Crippen molar-refractivity contribution in [1.29, 1.82) is 0 Å². The Hall–Kier alpha value is -3.16. The summed E-state index contributed by atoms with van der Waals surface area (Å²) in [6.45, 7) is 7.12. The summed E-state index contributed by atoms with van der Waals surface area (Å²) >= 11 is 0. The number of allylic oxidation sites excluding steroid dienone is 2. The van der Waals surface area contributed by atoms with Gasteiger partial charge in [-0.1, -0.05) is 30.3 Å². The van der Waals surface area contributed by atoms with Gasteiger partial charge in [-0.25, -0.2) is 0 Å². The van der Waals surface area contributed by atoms with Crippen LogP contribution < -0.4 is 4.90 Å². The highest BCUT2D eigenvalue weighted by Gasteiger charge is 2.35. The molecule has 0 N–H and O–H groups in total. The van der Waals surface area contributed by atoms with E-state index in [1.54, 1.807) is 0 Å². The molecule has 6 rings (SSSR count). The van der Waals surface area contributed by atoms with Gasteiger partial charge in [0.05, 0.1) is 17.8 Å². The van der Waals surface area contributed by atoms with Gasteiger partial charge in [-0.2, -0.15) is 0 Å². The average molecular weight is 512 g/mol. The summed E-state index contributed by atoms with van der Waals surface area (Å²) in [5.41, 5.74) is 5.32. The van der Waals surface area contributed by atoms with Crippen LogP contribution in [0, 0.1) is 0 Å². The molecule has 1 aromatic heterocycles. The largest absolute Gasteiger partial charge is 0.377 e. The SMILES string of the molecule is CN1CCN(C2=CC=CC3=NC(CN(Cc4ccccc4N(C)C)[C@H]4CCCc5cccnc54)CN23)CC1. The number of amidine groups is 1. The first kappa shape index (κ1) is 25.1. The second kappa shape index (κ2) is 10.9. The van der Waals surface area contributed by atoms with Gasteiger partial charge < -0.3 is 19.6 Å². The first-order chi connectivity index (χ1) is 18.6. The van der Waals surface area contributed by atoms with Crippen molar-refractivity contribution in [3.63, 3.8) is 0 Å². The van der Waals surface area contributed by atoms with E-state index in [0.717, 1.165) is 64.5 Å². The van der Waals surface area contributed by atoms with Crippen molar-refractivity contribution >= 4 is 11.5 Å². The summed E-state index contributed by atoms with van der Waals surface area (Å²) in [4.78, 5) is 22.5. The van der Waals surface area contributed by atoms with E-state index >= 15 is 0 Å². The molecule has 0 saturated carbocycles. The van der Waals surface area contributed by atoms with E-state index in [-0.39, 0.29) is 6.04 Å². The number of pyridine rings is 1. The van der Waals surface area contributed by atoms with E-state index in [1.165, 1.54) is 34.8 Å². The van der Waals surface area contributed by atoms with Gasteiger partial charge in [0.1, 0.15) is 11.7 Å². The lowest BCUT2D eigenvalue weighted by atomic mass is 9.90. The monoisotopic (exact) mass is 511 g/mol. The van der Waals surface area contributed by atoms with Crippen LogP contribution in [0.4, 0.5) is 5.69 Å². The Bertz CT molecular complexity index is 1220. The van der Waals surface area contributed by atoms with Crippen LogP contribution in [0.2, 0.25) is 0 Å². The van der Waals surface area contributed by atoms with E-state index in [9.17, 15) is 0 Å². The third-order valence-electron chi connectivity index (χ3n) is 8.48. The Balaban J connectivity index is 1.26. The van der Waals surface area contributed by atoms with Crippen molar-refractivity contribution in [2.45, 2.75) is 37.9 Å². The normalized spacial score (nSPS) is 23.3.